The second-order valence-electron chi connectivity index (χ2n) is 7.19. The summed E-state index contributed by atoms with van der Waals surface area (Å²) in [5.41, 5.74) is 3.10. The van der Waals surface area contributed by atoms with E-state index in [1.807, 2.05) is 21.8 Å². The van der Waals surface area contributed by atoms with E-state index in [4.69, 9.17) is 0 Å². The first-order valence-electron chi connectivity index (χ1n) is 9.36. The maximum Gasteiger partial charge on any atom is 0.274 e. The van der Waals surface area contributed by atoms with Crippen LogP contribution < -0.4 is 5.32 Å². The summed E-state index contributed by atoms with van der Waals surface area (Å²) in [7, 11) is 0. The van der Waals surface area contributed by atoms with E-state index in [9.17, 15) is 4.79 Å². The minimum atomic E-state index is 0.0632. The highest BCUT2D eigenvalue weighted by Crippen LogP contribution is 2.34. The van der Waals surface area contributed by atoms with Gasteiger partial charge >= 0.3 is 0 Å². The van der Waals surface area contributed by atoms with Gasteiger partial charge in [-0.2, -0.15) is 5.10 Å². The fraction of sp³-hybridized carbons (Fsp3) is 0.500. The third-order valence-electron chi connectivity index (χ3n) is 5.53. The lowest BCUT2D eigenvalue weighted by molar-refractivity contribution is 0.0728. The number of likely N-dealkylation sites (tertiary alicyclic amines) is 1. The van der Waals surface area contributed by atoms with Crippen molar-refractivity contribution in [2.75, 3.05) is 19.6 Å². The summed E-state index contributed by atoms with van der Waals surface area (Å²) in [6.45, 7) is 4.96. The van der Waals surface area contributed by atoms with Crippen LogP contribution in [-0.4, -0.2) is 40.2 Å². The van der Waals surface area contributed by atoms with Gasteiger partial charge in [0.25, 0.3) is 5.91 Å². The number of aromatic nitrogens is 2. The molecular formula is C20H26N4O. The standard InChI is InChI=1S/C20H26N4O/c1-15-6-2-3-8-17(15)19-9-5-12-23(19)20(25)18-10-13-24(22-18)16-7-4-11-21-14-16/h2-3,6,8,10,13,16,19,21H,4-5,7,9,11-12,14H2,1H3. The zero-order valence-corrected chi connectivity index (χ0v) is 14.8. The third kappa shape index (κ3) is 3.21. The number of nitrogens with zero attached hydrogens (tertiary/aromatic N) is 3. The molecule has 1 amide bonds. The molecule has 2 aliphatic heterocycles. The third-order valence-corrected chi connectivity index (χ3v) is 5.53. The molecule has 1 aromatic heterocycles. The number of rotatable bonds is 3. The molecule has 25 heavy (non-hydrogen) atoms. The van der Waals surface area contributed by atoms with Gasteiger partial charge in [0.1, 0.15) is 5.69 Å². The number of hydrogen-bond acceptors (Lipinski definition) is 3. The van der Waals surface area contributed by atoms with E-state index in [0.717, 1.165) is 45.3 Å². The second-order valence-corrected chi connectivity index (χ2v) is 7.19. The minimum Gasteiger partial charge on any atom is -0.330 e. The Morgan fingerprint density at radius 3 is 2.88 bits per heavy atom. The van der Waals surface area contributed by atoms with Crippen molar-refractivity contribution in [1.29, 1.82) is 0 Å². The smallest absolute Gasteiger partial charge is 0.274 e. The number of piperidine rings is 1. The summed E-state index contributed by atoms with van der Waals surface area (Å²) in [6.07, 6.45) is 6.33. The maximum atomic E-state index is 13.1. The number of hydrogen-bond donors (Lipinski definition) is 1. The Morgan fingerprint density at radius 2 is 2.08 bits per heavy atom. The van der Waals surface area contributed by atoms with Crippen molar-refractivity contribution in [3.05, 3.63) is 53.3 Å². The quantitative estimate of drug-likeness (QED) is 0.936. The molecule has 0 saturated carbocycles. The highest BCUT2D eigenvalue weighted by Gasteiger charge is 2.32. The van der Waals surface area contributed by atoms with Crippen molar-refractivity contribution < 1.29 is 4.79 Å². The molecule has 0 aliphatic carbocycles. The first-order chi connectivity index (χ1) is 12.2. The lowest BCUT2D eigenvalue weighted by atomic mass is 9.99. The largest absolute Gasteiger partial charge is 0.330 e. The van der Waals surface area contributed by atoms with Gasteiger partial charge in [-0.3, -0.25) is 9.48 Å². The zero-order valence-electron chi connectivity index (χ0n) is 14.8. The molecule has 2 atom stereocenters. The van der Waals surface area contributed by atoms with Crippen molar-refractivity contribution in [2.45, 2.75) is 44.7 Å². The Bertz CT molecular complexity index is 748. The molecule has 4 rings (SSSR count). The van der Waals surface area contributed by atoms with Crippen molar-refractivity contribution in [3.8, 4) is 0 Å². The summed E-state index contributed by atoms with van der Waals surface area (Å²) in [6, 6.07) is 10.8. The van der Waals surface area contributed by atoms with Crippen molar-refractivity contribution in [1.82, 2.24) is 20.0 Å². The van der Waals surface area contributed by atoms with Crippen LogP contribution in [0.2, 0.25) is 0 Å². The average molecular weight is 338 g/mol. The Labute approximate surface area is 149 Å². The molecule has 2 saturated heterocycles. The van der Waals surface area contributed by atoms with Gasteiger partial charge < -0.3 is 10.2 Å². The summed E-state index contributed by atoms with van der Waals surface area (Å²) in [5, 5.41) is 8.02. The molecular weight excluding hydrogens is 312 g/mol. The van der Waals surface area contributed by atoms with Gasteiger partial charge in [-0.1, -0.05) is 24.3 Å². The van der Waals surface area contributed by atoms with E-state index >= 15 is 0 Å². The molecule has 2 aliphatic rings. The molecule has 0 spiro atoms. The Hall–Kier alpha value is -2.14. The molecule has 2 aromatic rings. The summed E-state index contributed by atoms with van der Waals surface area (Å²) < 4.78 is 1.97. The fourth-order valence-corrected chi connectivity index (χ4v) is 4.16. The average Bonchev–Trinajstić information content (AvgIpc) is 3.32. The molecule has 0 bridgehead atoms. The zero-order chi connectivity index (χ0) is 17.2. The first kappa shape index (κ1) is 16.3. The Morgan fingerprint density at radius 1 is 1.20 bits per heavy atom. The van der Waals surface area contributed by atoms with E-state index in [1.165, 1.54) is 11.1 Å². The number of carbonyl (C=O) groups is 1. The fourth-order valence-electron chi connectivity index (χ4n) is 4.16. The van der Waals surface area contributed by atoms with Crippen molar-refractivity contribution >= 4 is 5.91 Å². The highest BCUT2D eigenvalue weighted by atomic mass is 16.2. The van der Waals surface area contributed by atoms with Crippen LogP contribution in [0.5, 0.6) is 0 Å². The van der Waals surface area contributed by atoms with Gasteiger partial charge in [-0.15, -0.1) is 0 Å². The van der Waals surface area contributed by atoms with E-state index in [1.54, 1.807) is 0 Å². The van der Waals surface area contributed by atoms with Crippen LogP contribution in [0, 0.1) is 6.92 Å². The molecule has 5 heteroatoms. The SMILES string of the molecule is Cc1ccccc1C1CCCN1C(=O)c1ccn(C2CCCNC2)n1. The molecule has 2 unspecified atom stereocenters. The Kier molecular flexibility index (Phi) is 4.57. The van der Waals surface area contributed by atoms with Crippen LogP contribution in [0.4, 0.5) is 0 Å². The van der Waals surface area contributed by atoms with E-state index in [-0.39, 0.29) is 11.9 Å². The van der Waals surface area contributed by atoms with E-state index < -0.39 is 0 Å². The molecule has 5 nitrogen and oxygen atoms in total. The number of carbonyl (C=O) groups excluding carboxylic acids is 1. The minimum absolute atomic E-state index is 0.0632. The van der Waals surface area contributed by atoms with Crippen molar-refractivity contribution in [3.63, 3.8) is 0 Å². The predicted molar refractivity (Wildman–Crippen MR) is 97.6 cm³/mol. The van der Waals surface area contributed by atoms with E-state index in [0.29, 0.717) is 11.7 Å². The predicted octanol–water partition coefficient (Wildman–Crippen LogP) is 3.09. The van der Waals surface area contributed by atoms with Gasteiger partial charge in [0.2, 0.25) is 0 Å². The van der Waals surface area contributed by atoms with Gasteiger partial charge in [-0.05, 0) is 56.3 Å². The van der Waals surface area contributed by atoms with Crippen molar-refractivity contribution in [2.24, 2.45) is 0 Å². The first-order valence-corrected chi connectivity index (χ1v) is 9.36. The van der Waals surface area contributed by atoms with Crippen LogP contribution >= 0.6 is 0 Å². The van der Waals surface area contributed by atoms with Crippen LogP contribution in [0.25, 0.3) is 0 Å². The molecule has 1 aromatic carbocycles. The number of benzene rings is 1. The Balaban J connectivity index is 1.54. The number of nitrogens with one attached hydrogen (secondary N) is 1. The van der Waals surface area contributed by atoms with Gasteiger partial charge in [0, 0.05) is 19.3 Å². The monoisotopic (exact) mass is 338 g/mol. The molecule has 3 heterocycles. The lowest BCUT2D eigenvalue weighted by Gasteiger charge is -2.26. The van der Waals surface area contributed by atoms with Crippen LogP contribution in [0.3, 0.4) is 0 Å². The summed E-state index contributed by atoms with van der Waals surface area (Å²) in [5.74, 6) is 0.0632. The second kappa shape index (κ2) is 7.00. The van der Waals surface area contributed by atoms with Crippen LogP contribution in [0.15, 0.2) is 36.5 Å². The molecule has 0 radical (unpaired) electrons. The van der Waals surface area contributed by atoms with Crippen LogP contribution in [0.1, 0.15) is 59.4 Å². The van der Waals surface area contributed by atoms with Gasteiger partial charge in [-0.25, -0.2) is 0 Å². The number of aryl methyl sites for hydroxylation is 1. The normalized spacial score (nSPS) is 23.8. The maximum absolute atomic E-state index is 13.1. The topological polar surface area (TPSA) is 50.2 Å². The summed E-state index contributed by atoms with van der Waals surface area (Å²) in [4.78, 5) is 15.1. The van der Waals surface area contributed by atoms with Crippen LogP contribution in [-0.2, 0) is 0 Å². The highest BCUT2D eigenvalue weighted by molar-refractivity contribution is 5.92. The number of amides is 1. The molecule has 132 valence electrons. The lowest BCUT2D eigenvalue weighted by Crippen LogP contribution is -2.33. The van der Waals surface area contributed by atoms with Gasteiger partial charge in [0.15, 0.2) is 0 Å². The molecule has 1 N–H and O–H groups in total. The van der Waals surface area contributed by atoms with E-state index in [2.05, 4.69) is 41.6 Å². The molecule has 2 fully saturated rings. The summed E-state index contributed by atoms with van der Waals surface area (Å²) >= 11 is 0. The van der Waals surface area contributed by atoms with Gasteiger partial charge in [0.05, 0.1) is 12.1 Å².